The Morgan fingerprint density at radius 3 is 2.50 bits per heavy atom. The third kappa shape index (κ3) is 9.31. The number of hydrazine groups is 1. The van der Waals surface area contributed by atoms with E-state index in [2.05, 4.69) is 21.2 Å². The summed E-state index contributed by atoms with van der Waals surface area (Å²) in [6.07, 6.45) is -4.32. The summed E-state index contributed by atoms with van der Waals surface area (Å²) in [6.45, 7) is 2.87. The molecule has 0 radical (unpaired) electrons. The van der Waals surface area contributed by atoms with Crippen LogP contribution in [0.2, 0.25) is 0 Å². The lowest BCUT2D eigenvalue weighted by Gasteiger charge is -2.25. The van der Waals surface area contributed by atoms with E-state index < -0.39 is 47.3 Å². The van der Waals surface area contributed by atoms with Gasteiger partial charge in [0.2, 0.25) is 0 Å². The van der Waals surface area contributed by atoms with Crippen molar-refractivity contribution in [3.05, 3.63) is 88.2 Å². The predicted molar refractivity (Wildman–Crippen MR) is 157 cm³/mol. The van der Waals surface area contributed by atoms with Crippen LogP contribution in [0.1, 0.15) is 57.4 Å². The number of nitrogens with one attached hydrogen (secondary N) is 3. The maximum atomic E-state index is 13.9. The molecule has 2 aromatic carbocycles. The van der Waals surface area contributed by atoms with Gasteiger partial charge in [0.1, 0.15) is 17.3 Å². The van der Waals surface area contributed by atoms with Gasteiger partial charge in [-0.05, 0) is 55.5 Å². The van der Waals surface area contributed by atoms with Crippen LogP contribution in [-0.4, -0.2) is 76.7 Å². The summed E-state index contributed by atoms with van der Waals surface area (Å²) in [5.41, 5.74) is 2.49. The van der Waals surface area contributed by atoms with Crippen LogP contribution >= 0.6 is 0 Å². The SMILES string of the molecule is CCn1nc(C(=O)N[C@@H](Cc2cc(F)cc(F)c2)[C@H](O)CNCc2cccc(C(F)(F)F)c2)cc1C(=O)NN1CCCC1COC. The fourth-order valence-electron chi connectivity index (χ4n) is 5.36. The number of halogens is 5. The van der Waals surface area contributed by atoms with Crippen LogP contribution in [0.4, 0.5) is 22.0 Å². The summed E-state index contributed by atoms with van der Waals surface area (Å²) in [4.78, 5) is 26.5. The molecule has 1 unspecified atom stereocenters. The number of aromatic nitrogens is 2. The number of nitrogens with zero attached hydrogens (tertiary/aromatic N) is 3. The Hall–Kier alpha value is -3.92. The Bertz CT molecular complexity index is 1480. The van der Waals surface area contributed by atoms with Crippen molar-refractivity contribution in [1.29, 1.82) is 0 Å². The standard InChI is InChI=1S/C31H37F5N6O4/c1-3-41-27(30(45)40-42-9-5-8-24(42)18-46-2)15-26(39-41)29(44)38-25(13-20-11-22(32)14-23(33)12-20)28(43)17-37-16-19-6-4-7-21(10-19)31(34,35)36/h4,6-7,10-12,14-15,24-25,28,37,43H,3,5,8-9,13,16-18H2,1-2H3,(H,38,44)(H,40,45)/t24?,25-,28+/m0/s1. The molecule has 46 heavy (non-hydrogen) atoms. The van der Waals surface area contributed by atoms with Gasteiger partial charge >= 0.3 is 6.18 Å². The zero-order valence-electron chi connectivity index (χ0n) is 25.4. The Balaban J connectivity index is 1.48. The van der Waals surface area contributed by atoms with Crippen molar-refractivity contribution < 1.29 is 41.4 Å². The van der Waals surface area contributed by atoms with E-state index in [1.54, 1.807) is 19.0 Å². The minimum atomic E-state index is -4.52. The van der Waals surface area contributed by atoms with Gasteiger partial charge in [-0.25, -0.2) is 13.8 Å². The van der Waals surface area contributed by atoms with Gasteiger partial charge in [0.25, 0.3) is 11.8 Å². The minimum Gasteiger partial charge on any atom is -0.390 e. The largest absolute Gasteiger partial charge is 0.416 e. The Morgan fingerprint density at radius 2 is 1.83 bits per heavy atom. The lowest BCUT2D eigenvalue weighted by atomic mass is 10.00. The molecule has 10 nitrogen and oxygen atoms in total. The number of carbonyl (C=O) groups is 2. The molecule has 0 bridgehead atoms. The van der Waals surface area contributed by atoms with Crippen molar-refractivity contribution in [1.82, 2.24) is 30.8 Å². The number of benzene rings is 2. The number of aryl methyl sites for hydroxylation is 1. The normalized spacial score (nSPS) is 16.7. The maximum Gasteiger partial charge on any atom is 0.416 e. The van der Waals surface area contributed by atoms with Crippen LogP contribution in [0.25, 0.3) is 0 Å². The minimum absolute atomic E-state index is 0.00631. The van der Waals surface area contributed by atoms with E-state index in [-0.39, 0.29) is 49.0 Å². The van der Waals surface area contributed by atoms with Crippen molar-refractivity contribution in [3.8, 4) is 0 Å². The molecular weight excluding hydrogens is 615 g/mol. The molecule has 4 rings (SSSR count). The van der Waals surface area contributed by atoms with Gasteiger partial charge in [0.05, 0.1) is 30.4 Å². The van der Waals surface area contributed by atoms with Crippen molar-refractivity contribution in [2.24, 2.45) is 0 Å². The lowest BCUT2D eigenvalue weighted by Crippen LogP contribution is -2.48. The third-order valence-electron chi connectivity index (χ3n) is 7.62. The molecule has 1 aliphatic rings. The molecule has 3 aromatic rings. The van der Waals surface area contributed by atoms with Gasteiger partial charge in [-0.3, -0.25) is 19.7 Å². The molecule has 250 valence electrons. The summed E-state index contributed by atoms with van der Waals surface area (Å²) in [7, 11) is 1.58. The van der Waals surface area contributed by atoms with Crippen LogP contribution < -0.4 is 16.1 Å². The van der Waals surface area contributed by atoms with Gasteiger partial charge in [0, 0.05) is 45.4 Å². The molecule has 1 fully saturated rings. The predicted octanol–water partition coefficient (Wildman–Crippen LogP) is 3.45. The molecule has 1 aromatic heterocycles. The molecule has 0 saturated carbocycles. The molecule has 2 heterocycles. The zero-order chi connectivity index (χ0) is 33.4. The highest BCUT2D eigenvalue weighted by atomic mass is 19.4. The quantitative estimate of drug-likeness (QED) is 0.197. The molecule has 2 amide bonds. The second-order valence-corrected chi connectivity index (χ2v) is 11.1. The Labute approximate surface area is 262 Å². The monoisotopic (exact) mass is 652 g/mol. The molecule has 4 N–H and O–H groups in total. The van der Waals surface area contributed by atoms with E-state index in [0.717, 1.165) is 37.1 Å². The highest BCUT2D eigenvalue weighted by Crippen LogP contribution is 2.29. The average molecular weight is 653 g/mol. The number of ether oxygens (including phenoxy) is 1. The van der Waals surface area contributed by atoms with Crippen molar-refractivity contribution in [3.63, 3.8) is 0 Å². The molecule has 1 aliphatic heterocycles. The van der Waals surface area contributed by atoms with Gasteiger partial charge in [0.15, 0.2) is 5.69 Å². The molecule has 1 saturated heterocycles. The highest BCUT2D eigenvalue weighted by molar-refractivity contribution is 5.97. The van der Waals surface area contributed by atoms with E-state index in [1.807, 2.05) is 0 Å². The Kier molecular flexibility index (Phi) is 11.8. The number of hydrogen-bond acceptors (Lipinski definition) is 7. The number of methoxy groups -OCH3 is 1. The van der Waals surface area contributed by atoms with Gasteiger partial charge in [-0.15, -0.1) is 0 Å². The second kappa shape index (κ2) is 15.6. The van der Waals surface area contributed by atoms with E-state index in [1.165, 1.54) is 22.9 Å². The average Bonchev–Trinajstić information content (AvgIpc) is 3.63. The number of aliphatic hydroxyl groups is 1. The van der Waals surface area contributed by atoms with E-state index >= 15 is 0 Å². The maximum absolute atomic E-state index is 13.9. The van der Waals surface area contributed by atoms with E-state index in [4.69, 9.17) is 4.74 Å². The van der Waals surface area contributed by atoms with Crippen molar-refractivity contribution in [2.75, 3.05) is 26.8 Å². The zero-order valence-corrected chi connectivity index (χ0v) is 25.4. The van der Waals surface area contributed by atoms with Gasteiger partial charge in [-0.1, -0.05) is 18.2 Å². The first kappa shape index (κ1) is 34.9. The van der Waals surface area contributed by atoms with E-state index in [9.17, 15) is 36.6 Å². The number of aliphatic hydroxyl groups excluding tert-OH is 1. The summed E-state index contributed by atoms with van der Waals surface area (Å²) in [6, 6.07) is 7.71. The van der Waals surface area contributed by atoms with Crippen LogP contribution in [0, 0.1) is 11.6 Å². The van der Waals surface area contributed by atoms with Crippen LogP contribution in [0.15, 0.2) is 48.5 Å². The lowest BCUT2D eigenvalue weighted by molar-refractivity contribution is -0.137. The number of amides is 2. The first-order valence-corrected chi connectivity index (χ1v) is 14.8. The molecule has 0 spiro atoms. The number of alkyl halides is 3. The second-order valence-electron chi connectivity index (χ2n) is 11.1. The Morgan fingerprint density at radius 1 is 1.09 bits per heavy atom. The fraction of sp³-hybridized carbons (Fsp3) is 0.452. The summed E-state index contributed by atoms with van der Waals surface area (Å²) >= 11 is 0. The van der Waals surface area contributed by atoms with Gasteiger partial charge in [-0.2, -0.15) is 18.3 Å². The smallest absolute Gasteiger partial charge is 0.390 e. The summed E-state index contributed by atoms with van der Waals surface area (Å²) in [5, 5.41) is 22.6. The topological polar surface area (TPSA) is 121 Å². The van der Waals surface area contributed by atoms with Crippen LogP contribution in [-0.2, 0) is 30.4 Å². The van der Waals surface area contributed by atoms with Crippen LogP contribution in [0.5, 0.6) is 0 Å². The van der Waals surface area contributed by atoms with Crippen LogP contribution in [0.3, 0.4) is 0 Å². The van der Waals surface area contributed by atoms with Gasteiger partial charge < -0.3 is 20.5 Å². The summed E-state index contributed by atoms with van der Waals surface area (Å²) < 4.78 is 73.7. The third-order valence-corrected chi connectivity index (χ3v) is 7.62. The number of hydrogen-bond donors (Lipinski definition) is 4. The molecular formula is C31H37F5N6O4. The first-order valence-electron chi connectivity index (χ1n) is 14.8. The molecule has 15 heteroatoms. The molecule has 3 atom stereocenters. The number of rotatable bonds is 14. The van der Waals surface area contributed by atoms with E-state index in [0.29, 0.717) is 24.8 Å². The highest BCUT2D eigenvalue weighted by Gasteiger charge is 2.31. The van der Waals surface area contributed by atoms with Crippen molar-refractivity contribution >= 4 is 11.8 Å². The first-order chi connectivity index (χ1) is 21.9. The fourth-order valence-corrected chi connectivity index (χ4v) is 5.36. The number of carbonyl (C=O) groups excluding carboxylic acids is 2. The van der Waals surface area contributed by atoms with Crippen molar-refractivity contribution in [2.45, 2.75) is 63.6 Å². The molecule has 0 aliphatic carbocycles. The summed E-state index contributed by atoms with van der Waals surface area (Å²) in [5.74, 6) is -2.92.